The molecule has 2 unspecified atom stereocenters. The second kappa shape index (κ2) is 8.55. The van der Waals surface area contributed by atoms with Crippen LogP contribution in [0.25, 0.3) is 0 Å². The van der Waals surface area contributed by atoms with Crippen molar-refractivity contribution in [3.8, 4) is 0 Å². The van der Waals surface area contributed by atoms with E-state index in [1.54, 1.807) is 0 Å². The summed E-state index contributed by atoms with van der Waals surface area (Å²) in [5.74, 6) is 0. The third-order valence-electron chi connectivity index (χ3n) is 4.89. The zero-order chi connectivity index (χ0) is 15.9. The minimum absolute atomic E-state index is 0.224. The third kappa shape index (κ3) is 4.82. The van der Waals surface area contributed by atoms with E-state index in [2.05, 4.69) is 82.2 Å². The van der Waals surface area contributed by atoms with Gasteiger partial charge in [-0.1, -0.05) is 51.1 Å². The predicted octanol–water partition coefficient (Wildman–Crippen LogP) is 4.63. The van der Waals surface area contributed by atoms with Crippen molar-refractivity contribution in [3.63, 3.8) is 0 Å². The maximum Gasteiger partial charge on any atom is 0.0478 e. The van der Waals surface area contributed by atoms with Crippen LogP contribution in [0.1, 0.15) is 65.5 Å². The molecule has 0 aromatic heterocycles. The molecule has 0 radical (unpaired) electrons. The Kier molecular flexibility index (Phi) is 7.41. The second-order valence-electron chi connectivity index (χ2n) is 6.59. The molecule has 0 aliphatic carbocycles. The van der Waals surface area contributed by atoms with E-state index < -0.39 is 0 Å². The Bertz CT molecular complexity index is 386. The molecule has 0 heterocycles. The van der Waals surface area contributed by atoms with Gasteiger partial charge in [0, 0.05) is 17.6 Å². The van der Waals surface area contributed by atoms with Crippen LogP contribution in [0.15, 0.2) is 30.3 Å². The molecule has 2 heteroatoms. The first-order valence-corrected chi connectivity index (χ1v) is 8.49. The van der Waals surface area contributed by atoms with Gasteiger partial charge in [-0.25, -0.2) is 0 Å². The SMILES string of the molecule is CCCNC(c1ccccc1)C(CC)N(C)C(C)(C)CC. The van der Waals surface area contributed by atoms with Gasteiger partial charge in [-0.2, -0.15) is 0 Å². The lowest BCUT2D eigenvalue weighted by Gasteiger charge is -2.44. The minimum atomic E-state index is 0.224. The molecular weight excluding hydrogens is 256 g/mol. The Morgan fingerprint density at radius 1 is 1.10 bits per heavy atom. The van der Waals surface area contributed by atoms with Gasteiger partial charge in [-0.05, 0) is 52.3 Å². The van der Waals surface area contributed by atoms with Gasteiger partial charge in [0.05, 0.1) is 0 Å². The second-order valence-corrected chi connectivity index (χ2v) is 6.59. The average molecular weight is 290 g/mol. The Morgan fingerprint density at radius 3 is 2.19 bits per heavy atom. The lowest BCUT2D eigenvalue weighted by Crippen LogP contribution is -2.51. The van der Waals surface area contributed by atoms with Crippen molar-refractivity contribution in [1.82, 2.24) is 10.2 Å². The summed E-state index contributed by atoms with van der Waals surface area (Å²) < 4.78 is 0. The molecule has 1 N–H and O–H groups in total. The lowest BCUT2D eigenvalue weighted by atomic mass is 9.90. The number of nitrogens with one attached hydrogen (secondary N) is 1. The highest BCUT2D eigenvalue weighted by atomic mass is 15.2. The minimum Gasteiger partial charge on any atom is -0.309 e. The van der Waals surface area contributed by atoms with Crippen LogP contribution < -0.4 is 5.32 Å². The summed E-state index contributed by atoms with van der Waals surface area (Å²) in [6.07, 6.45) is 3.48. The number of hydrogen-bond acceptors (Lipinski definition) is 2. The number of likely N-dealkylation sites (N-methyl/N-ethyl adjacent to an activating group) is 1. The van der Waals surface area contributed by atoms with E-state index in [-0.39, 0.29) is 5.54 Å². The number of benzene rings is 1. The van der Waals surface area contributed by atoms with E-state index in [4.69, 9.17) is 0 Å². The number of rotatable bonds is 9. The predicted molar refractivity (Wildman–Crippen MR) is 93.7 cm³/mol. The molecule has 120 valence electrons. The Labute approximate surface area is 131 Å². The fourth-order valence-corrected chi connectivity index (χ4v) is 2.87. The summed E-state index contributed by atoms with van der Waals surface area (Å²) in [5, 5.41) is 3.77. The molecule has 2 nitrogen and oxygen atoms in total. The first kappa shape index (κ1) is 18.2. The highest BCUT2D eigenvalue weighted by Crippen LogP contribution is 2.29. The normalized spacial score (nSPS) is 15.2. The highest BCUT2D eigenvalue weighted by Gasteiger charge is 2.32. The van der Waals surface area contributed by atoms with Crippen LogP contribution in [0, 0.1) is 0 Å². The van der Waals surface area contributed by atoms with E-state index >= 15 is 0 Å². The van der Waals surface area contributed by atoms with Crippen molar-refractivity contribution in [2.75, 3.05) is 13.6 Å². The third-order valence-corrected chi connectivity index (χ3v) is 4.89. The largest absolute Gasteiger partial charge is 0.309 e. The van der Waals surface area contributed by atoms with Crippen LogP contribution in [0.3, 0.4) is 0 Å². The number of hydrogen-bond donors (Lipinski definition) is 1. The molecule has 0 aliphatic heterocycles. The van der Waals surface area contributed by atoms with Crippen molar-refractivity contribution < 1.29 is 0 Å². The quantitative estimate of drug-likeness (QED) is 0.713. The van der Waals surface area contributed by atoms with Crippen LogP contribution >= 0.6 is 0 Å². The first-order valence-electron chi connectivity index (χ1n) is 8.49. The topological polar surface area (TPSA) is 15.3 Å². The zero-order valence-corrected chi connectivity index (χ0v) is 14.8. The molecule has 0 saturated heterocycles. The van der Waals surface area contributed by atoms with Gasteiger partial charge in [-0.3, -0.25) is 4.90 Å². The molecule has 21 heavy (non-hydrogen) atoms. The molecule has 1 aromatic rings. The Hall–Kier alpha value is -0.860. The Morgan fingerprint density at radius 2 is 1.71 bits per heavy atom. The number of nitrogens with zero attached hydrogens (tertiary/aromatic N) is 1. The van der Waals surface area contributed by atoms with Gasteiger partial charge >= 0.3 is 0 Å². The van der Waals surface area contributed by atoms with Gasteiger partial charge in [0.2, 0.25) is 0 Å². The molecule has 0 saturated carbocycles. The van der Waals surface area contributed by atoms with Gasteiger partial charge < -0.3 is 5.32 Å². The van der Waals surface area contributed by atoms with Crippen LogP contribution in [-0.2, 0) is 0 Å². The van der Waals surface area contributed by atoms with E-state index in [0.717, 1.165) is 19.4 Å². The van der Waals surface area contributed by atoms with Crippen molar-refractivity contribution in [2.24, 2.45) is 0 Å². The smallest absolute Gasteiger partial charge is 0.0478 e. The maximum atomic E-state index is 3.77. The van der Waals surface area contributed by atoms with Gasteiger partial charge in [0.15, 0.2) is 0 Å². The molecule has 1 aromatic carbocycles. The molecule has 0 aliphatic rings. The summed E-state index contributed by atoms with van der Waals surface area (Å²) >= 11 is 0. The molecule has 0 spiro atoms. The van der Waals surface area contributed by atoms with E-state index in [1.807, 2.05) is 0 Å². The van der Waals surface area contributed by atoms with Crippen molar-refractivity contribution in [3.05, 3.63) is 35.9 Å². The fraction of sp³-hybridized carbons (Fsp3) is 0.684. The molecule has 1 rings (SSSR count). The van der Waals surface area contributed by atoms with E-state index in [9.17, 15) is 0 Å². The summed E-state index contributed by atoms with van der Waals surface area (Å²) in [4.78, 5) is 2.56. The molecule has 0 bridgehead atoms. The molecule has 0 amide bonds. The van der Waals surface area contributed by atoms with E-state index in [0.29, 0.717) is 12.1 Å². The van der Waals surface area contributed by atoms with Crippen molar-refractivity contribution in [1.29, 1.82) is 0 Å². The first-order chi connectivity index (χ1) is 9.97. The maximum absolute atomic E-state index is 3.77. The van der Waals surface area contributed by atoms with Gasteiger partial charge in [0.25, 0.3) is 0 Å². The van der Waals surface area contributed by atoms with E-state index in [1.165, 1.54) is 12.0 Å². The monoisotopic (exact) mass is 290 g/mol. The Balaban J connectivity index is 3.04. The lowest BCUT2D eigenvalue weighted by molar-refractivity contribution is 0.0710. The summed E-state index contributed by atoms with van der Waals surface area (Å²) in [6, 6.07) is 11.8. The zero-order valence-electron chi connectivity index (χ0n) is 14.8. The summed E-state index contributed by atoms with van der Waals surface area (Å²) in [6.45, 7) is 12.6. The van der Waals surface area contributed by atoms with Crippen LogP contribution in [0.4, 0.5) is 0 Å². The summed E-state index contributed by atoms with van der Waals surface area (Å²) in [7, 11) is 2.28. The average Bonchev–Trinajstić information content (AvgIpc) is 2.51. The highest BCUT2D eigenvalue weighted by molar-refractivity contribution is 5.21. The van der Waals surface area contributed by atoms with Gasteiger partial charge in [0.1, 0.15) is 0 Å². The molecular formula is C19H34N2. The molecule has 0 fully saturated rings. The van der Waals surface area contributed by atoms with Crippen LogP contribution in [0.2, 0.25) is 0 Å². The fourth-order valence-electron chi connectivity index (χ4n) is 2.87. The van der Waals surface area contributed by atoms with Crippen LogP contribution in [-0.4, -0.2) is 30.1 Å². The van der Waals surface area contributed by atoms with Crippen LogP contribution in [0.5, 0.6) is 0 Å². The summed E-state index contributed by atoms with van der Waals surface area (Å²) in [5.41, 5.74) is 1.62. The van der Waals surface area contributed by atoms with Gasteiger partial charge in [-0.15, -0.1) is 0 Å². The van der Waals surface area contributed by atoms with Crippen molar-refractivity contribution in [2.45, 2.75) is 71.5 Å². The molecule has 2 atom stereocenters. The van der Waals surface area contributed by atoms with Crippen molar-refractivity contribution >= 4 is 0 Å². The standard InChI is InChI=1S/C19H34N2/c1-7-15-20-18(16-13-11-10-12-14-16)17(8-2)21(6)19(4,5)9-3/h10-14,17-18,20H,7-9,15H2,1-6H3.